The molecule has 1 N–H and O–H groups in total. The van der Waals surface area contributed by atoms with Crippen LogP contribution in [0.5, 0.6) is 0 Å². The van der Waals surface area contributed by atoms with Crippen LogP contribution in [0.3, 0.4) is 0 Å². The van der Waals surface area contributed by atoms with Gasteiger partial charge in [0.2, 0.25) is 0 Å². The normalized spacial score (nSPS) is 18.7. The Labute approximate surface area is 119 Å². The minimum atomic E-state index is -3.87. The van der Waals surface area contributed by atoms with E-state index in [-0.39, 0.29) is 17.7 Å². The highest BCUT2D eigenvalue weighted by Gasteiger charge is 2.52. The summed E-state index contributed by atoms with van der Waals surface area (Å²) in [4.78, 5) is 11.9. The van der Waals surface area contributed by atoms with Crippen LogP contribution in [0.1, 0.15) is 43.2 Å². The third-order valence-corrected chi connectivity index (χ3v) is 6.83. The first-order valence-corrected chi connectivity index (χ1v) is 8.35. The van der Waals surface area contributed by atoms with Crippen molar-refractivity contribution in [2.24, 2.45) is 0 Å². The third kappa shape index (κ3) is 2.24. The number of hydrogen-bond donors (Lipinski definition) is 1. The Morgan fingerprint density at radius 3 is 2.25 bits per heavy atom. The van der Waals surface area contributed by atoms with Crippen LogP contribution in [0.4, 0.5) is 0 Å². The first-order chi connectivity index (χ1) is 9.31. The summed E-state index contributed by atoms with van der Waals surface area (Å²) in [7, 11) is -3.87. The van der Waals surface area contributed by atoms with Crippen molar-refractivity contribution in [1.82, 2.24) is 0 Å². The second-order valence-corrected chi connectivity index (χ2v) is 7.86. The molecule has 1 aliphatic carbocycles. The number of hydrogen-bond acceptors (Lipinski definition) is 3. The maximum absolute atomic E-state index is 12.9. The van der Waals surface area contributed by atoms with E-state index < -0.39 is 20.6 Å². The van der Waals surface area contributed by atoms with E-state index in [4.69, 9.17) is 0 Å². The zero-order chi connectivity index (χ0) is 15.0. The summed E-state index contributed by atoms with van der Waals surface area (Å²) < 4.78 is 24.2. The van der Waals surface area contributed by atoms with Crippen LogP contribution in [0.15, 0.2) is 23.1 Å². The third-order valence-electron chi connectivity index (χ3n) is 4.19. The highest BCUT2D eigenvalue weighted by molar-refractivity contribution is 7.93. The maximum atomic E-state index is 12.9. The van der Waals surface area contributed by atoms with Crippen molar-refractivity contribution < 1.29 is 18.3 Å². The van der Waals surface area contributed by atoms with E-state index in [1.807, 2.05) is 6.92 Å². The monoisotopic (exact) mass is 296 g/mol. The zero-order valence-corrected chi connectivity index (χ0v) is 12.7. The van der Waals surface area contributed by atoms with E-state index in [2.05, 4.69) is 0 Å². The number of carboxylic acids is 1. The van der Waals surface area contributed by atoms with Gasteiger partial charge < -0.3 is 5.11 Å². The second-order valence-electron chi connectivity index (χ2n) is 5.63. The molecule has 4 nitrogen and oxygen atoms in total. The van der Waals surface area contributed by atoms with Gasteiger partial charge in [0.25, 0.3) is 0 Å². The van der Waals surface area contributed by atoms with E-state index in [1.165, 1.54) is 0 Å². The molecule has 1 aromatic rings. The Bertz CT molecular complexity index is 625. The molecule has 1 aromatic carbocycles. The van der Waals surface area contributed by atoms with Crippen molar-refractivity contribution in [1.29, 1.82) is 0 Å². The number of carboxylic acid groups (broad SMARTS) is 1. The lowest BCUT2D eigenvalue weighted by Crippen LogP contribution is -2.48. The predicted molar refractivity (Wildman–Crippen MR) is 76.6 cm³/mol. The topological polar surface area (TPSA) is 71.4 Å². The van der Waals surface area contributed by atoms with Crippen LogP contribution in [0, 0.1) is 13.8 Å². The summed E-state index contributed by atoms with van der Waals surface area (Å²) in [5.41, 5.74) is 1.59. The highest BCUT2D eigenvalue weighted by atomic mass is 32.2. The molecule has 1 saturated carbocycles. The Kier molecular flexibility index (Phi) is 3.91. The van der Waals surface area contributed by atoms with Crippen LogP contribution in [-0.2, 0) is 14.6 Å². The summed E-state index contributed by atoms with van der Waals surface area (Å²) in [5, 5.41) is 9.55. The number of aliphatic carboxylic acids is 1. The van der Waals surface area contributed by atoms with E-state index in [1.54, 1.807) is 25.1 Å². The summed E-state index contributed by atoms with van der Waals surface area (Å²) >= 11 is 0. The smallest absolute Gasteiger partial charge is 0.325 e. The molecule has 0 aliphatic heterocycles. The summed E-state index contributed by atoms with van der Waals surface area (Å²) in [6.07, 6.45) is 2.61. The number of sulfone groups is 1. The van der Waals surface area contributed by atoms with Gasteiger partial charge in [-0.25, -0.2) is 8.42 Å². The van der Waals surface area contributed by atoms with Gasteiger partial charge in [-0.15, -0.1) is 0 Å². The van der Waals surface area contributed by atoms with Crippen molar-refractivity contribution in [3.05, 3.63) is 29.3 Å². The fraction of sp³-hybridized carbons (Fsp3) is 0.533. The summed E-state index contributed by atoms with van der Waals surface area (Å²) in [5.74, 6) is -1.21. The molecule has 0 aromatic heterocycles. The van der Waals surface area contributed by atoms with Gasteiger partial charge in [-0.05, 0) is 38.3 Å². The molecule has 0 heterocycles. The van der Waals surface area contributed by atoms with E-state index in [0.29, 0.717) is 18.4 Å². The first-order valence-electron chi connectivity index (χ1n) is 6.86. The lowest BCUT2D eigenvalue weighted by molar-refractivity contribution is -0.141. The Hall–Kier alpha value is -1.36. The van der Waals surface area contributed by atoms with Gasteiger partial charge in [0.05, 0.1) is 4.90 Å². The largest absolute Gasteiger partial charge is 0.480 e. The van der Waals surface area contributed by atoms with Gasteiger partial charge in [0.15, 0.2) is 14.6 Å². The number of aryl methyl sites for hydroxylation is 2. The van der Waals surface area contributed by atoms with Gasteiger partial charge >= 0.3 is 5.97 Å². The molecular formula is C15H20O4S. The van der Waals surface area contributed by atoms with Gasteiger partial charge in [0.1, 0.15) is 0 Å². The number of rotatable bonds is 3. The van der Waals surface area contributed by atoms with Crippen molar-refractivity contribution >= 4 is 15.8 Å². The first kappa shape index (κ1) is 15.0. The molecule has 0 radical (unpaired) electrons. The minimum Gasteiger partial charge on any atom is -0.480 e. The van der Waals surface area contributed by atoms with Crippen molar-refractivity contribution in [2.45, 2.75) is 55.6 Å². The summed E-state index contributed by atoms with van der Waals surface area (Å²) in [6, 6.07) is 5.04. The highest BCUT2D eigenvalue weighted by Crippen LogP contribution is 2.40. The van der Waals surface area contributed by atoms with E-state index in [0.717, 1.165) is 12.0 Å². The molecule has 0 amide bonds. The predicted octanol–water partition coefficient (Wildman–Crippen LogP) is 2.86. The van der Waals surface area contributed by atoms with Crippen LogP contribution in [0.2, 0.25) is 0 Å². The number of carbonyl (C=O) groups is 1. The lowest BCUT2D eigenvalue weighted by atomic mass is 9.88. The molecule has 20 heavy (non-hydrogen) atoms. The van der Waals surface area contributed by atoms with Crippen LogP contribution >= 0.6 is 0 Å². The zero-order valence-electron chi connectivity index (χ0n) is 11.8. The fourth-order valence-electron chi connectivity index (χ4n) is 3.03. The molecule has 2 rings (SSSR count). The van der Waals surface area contributed by atoms with E-state index >= 15 is 0 Å². The van der Waals surface area contributed by atoms with Gasteiger partial charge in [-0.3, -0.25) is 4.79 Å². The van der Waals surface area contributed by atoms with Gasteiger partial charge in [-0.2, -0.15) is 0 Å². The fourth-order valence-corrected chi connectivity index (χ4v) is 5.24. The molecule has 5 heteroatoms. The summed E-state index contributed by atoms with van der Waals surface area (Å²) in [6.45, 7) is 3.61. The van der Waals surface area contributed by atoms with Crippen molar-refractivity contribution in [2.75, 3.05) is 0 Å². The lowest BCUT2D eigenvalue weighted by Gasteiger charge is -2.33. The van der Waals surface area contributed by atoms with Crippen molar-refractivity contribution in [3.63, 3.8) is 0 Å². The molecule has 0 spiro atoms. The SMILES string of the molecule is Cc1ccc(S(=O)(=O)C2(C(=O)O)CCCCC2)c(C)c1. The Morgan fingerprint density at radius 1 is 1.15 bits per heavy atom. The molecule has 0 bridgehead atoms. The quantitative estimate of drug-likeness (QED) is 0.931. The maximum Gasteiger partial charge on any atom is 0.325 e. The van der Waals surface area contributed by atoms with Gasteiger partial charge in [0, 0.05) is 0 Å². The molecule has 1 aliphatic rings. The Morgan fingerprint density at radius 2 is 1.75 bits per heavy atom. The number of benzene rings is 1. The molecule has 0 unspecified atom stereocenters. The van der Waals surface area contributed by atoms with Crippen LogP contribution < -0.4 is 0 Å². The van der Waals surface area contributed by atoms with Crippen LogP contribution in [0.25, 0.3) is 0 Å². The van der Waals surface area contributed by atoms with E-state index in [9.17, 15) is 18.3 Å². The second kappa shape index (κ2) is 5.20. The minimum absolute atomic E-state index is 0.160. The van der Waals surface area contributed by atoms with Gasteiger partial charge in [-0.1, -0.05) is 37.0 Å². The Balaban J connectivity index is 2.59. The molecule has 110 valence electrons. The average Bonchev–Trinajstić information content (AvgIpc) is 2.38. The molecule has 0 saturated heterocycles. The van der Waals surface area contributed by atoms with Crippen LogP contribution in [-0.4, -0.2) is 24.2 Å². The average molecular weight is 296 g/mol. The van der Waals surface area contributed by atoms with Crippen molar-refractivity contribution in [3.8, 4) is 0 Å². The molecule has 0 atom stereocenters. The standard InChI is InChI=1S/C15H20O4S/c1-11-6-7-13(12(2)10-11)20(18,19)15(14(16)17)8-4-3-5-9-15/h6-7,10H,3-5,8-9H2,1-2H3,(H,16,17). The molecule has 1 fully saturated rings. The molecular weight excluding hydrogens is 276 g/mol.